The van der Waals surface area contributed by atoms with Gasteiger partial charge in [0.1, 0.15) is 22.3 Å². The summed E-state index contributed by atoms with van der Waals surface area (Å²) in [6, 6.07) is 92.7. The highest BCUT2D eigenvalue weighted by atomic mass is 79.9. The molecule has 0 unspecified atom stereocenters. The molecule has 0 fully saturated rings. The van der Waals surface area contributed by atoms with Crippen LogP contribution >= 0.6 is 15.9 Å². The Kier molecular flexibility index (Phi) is 13.5. The van der Waals surface area contributed by atoms with Crippen LogP contribution in [0.4, 0.5) is 0 Å². The SMILES string of the molecule is Brc1ccc2c(c1)oc1cc3ccccc3cc12.CC.OB(O)c1c2ccccc2c(-c2ccccc2)c2ccccc12.c1ccc(-c2c3ccccc3c(-c3ccc4c(c3)oc3cc5ccccc5cc34)c3ccccc23)cc1. The van der Waals surface area contributed by atoms with Gasteiger partial charge in [-0.3, -0.25) is 0 Å². The largest absolute Gasteiger partial charge is 0.489 e. The molecule has 0 bridgehead atoms. The van der Waals surface area contributed by atoms with Gasteiger partial charge in [-0.05, 0) is 158 Å². The Bertz CT molecular complexity index is 4850. The Balaban J connectivity index is 0.000000120. The summed E-state index contributed by atoms with van der Waals surface area (Å²) in [5, 5.41) is 38.2. The summed E-state index contributed by atoms with van der Waals surface area (Å²) in [5.74, 6) is 0. The highest BCUT2D eigenvalue weighted by Crippen LogP contribution is 2.45. The standard InChI is InChI=1S/C36H22O.C20H15BO2.C16H9BrO.C2H6/c1-2-10-23(11-3-1)35-28-14-6-8-16-30(28)36(31-17-9-7-15-29(31)35)26-18-19-27-32-20-24-12-4-5-13-25(24)21-34(32)37-33(27)22-26;22-21(23)20-17-12-6-4-10-15(17)19(14-8-2-1-3-9-14)16-11-5-7-13-18(16)20;17-12-5-6-13-14-7-10-3-1-2-4-11(10)8-15(14)18-16(13)9-12;1-2/h1-22H;1-13,22-23H;1-9H;1-2H3. The van der Waals surface area contributed by atoms with Crippen molar-refractivity contribution in [3.63, 3.8) is 0 Å². The molecule has 4 nitrogen and oxygen atoms in total. The maximum absolute atomic E-state index is 9.94. The van der Waals surface area contributed by atoms with Crippen molar-refractivity contribution < 1.29 is 18.9 Å². The van der Waals surface area contributed by atoms with Crippen molar-refractivity contribution in [2.75, 3.05) is 0 Å². The van der Waals surface area contributed by atoms with Crippen molar-refractivity contribution in [1.29, 1.82) is 0 Å². The average molecular weight is 1100 g/mol. The molecule has 0 amide bonds. The van der Waals surface area contributed by atoms with Gasteiger partial charge in [-0.25, -0.2) is 0 Å². The summed E-state index contributed by atoms with van der Waals surface area (Å²) in [4.78, 5) is 0. The molecule has 382 valence electrons. The molecule has 16 rings (SSSR count). The summed E-state index contributed by atoms with van der Waals surface area (Å²) in [7, 11) is -1.50. The predicted molar refractivity (Wildman–Crippen MR) is 344 cm³/mol. The first-order chi connectivity index (χ1) is 39.4. The molecular formula is C74H52BBrO4. The first-order valence-corrected chi connectivity index (χ1v) is 27.9. The molecule has 0 aliphatic carbocycles. The fourth-order valence-electron chi connectivity index (χ4n) is 11.8. The second-order valence-corrected chi connectivity index (χ2v) is 20.7. The zero-order valence-electron chi connectivity index (χ0n) is 44.1. The molecule has 0 radical (unpaired) electrons. The van der Waals surface area contributed by atoms with Crippen molar-refractivity contribution in [3.8, 4) is 33.4 Å². The number of furan rings is 2. The molecule has 16 aromatic rings. The number of rotatable bonds is 4. The Morgan fingerprint density at radius 2 is 0.588 bits per heavy atom. The zero-order chi connectivity index (χ0) is 54.3. The lowest BCUT2D eigenvalue weighted by Gasteiger charge is -2.17. The lowest BCUT2D eigenvalue weighted by Crippen LogP contribution is -2.31. The molecule has 80 heavy (non-hydrogen) atoms. The third-order valence-electron chi connectivity index (χ3n) is 15.2. The second kappa shape index (κ2) is 21.5. The molecule has 2 heterocycles. The first-order valence-electron chi connectivity index (χ1n) is 27.1. The number of halogens is 1. The van der Waals surface area contributed by atoms with Gasteiger partial charge in [0.05, 0.1) is 0 Å². The van der Waals surface area contributed by atoms with Crippen LogP contribution in [0.3, 0.4) is 0 Å². The van der Waals surface area contributed by atoms with Gasteiger partial charge >= 0.3 is 7.12 Å². The number of benzene rings is 14. The van der Waals surface area contributed by atoms with Gasteiger partial charge in [0.25, 0.3) is 0 Å². The van der Waals surface area contributed by atoms with Crippen molar-refractivity contribution in [2.24, 2.45) is 0 Å². The predicted octanol–water partition coefficient (Wildman–Crippen LogP) is 20.2. The maximum Gasteiger partial charge on any atom is 0.489 e. The third kappa shape index (κ3) is 9.03. The van der Waals surface area contributed by atoms with E-state index in [0.29, 0.717) is 5.46 Å². The van der Waals surface area contributed by atoms with E-state index in [1.54, 1.807) is 0 Å². The van der Waals surface area contributed by atoms with Crippen LogP contribution in [0.2, 0.25) is 0 Å². The monoisotopic (exact) mass is 1090 g/mol. The van der Waals surface area contributed by atoms with Gasteiger partial charge in [0.15, 0.2) is 0 Å². The van der Waals surface area contributed by atoms with Crippen molar-refractivity contribution in [3.05, 3.63) is 271 Å². The van der Waals surface area contributed by atoms with E-state index in [9.17, 15) is 10.0 Å². The first kappa shape index (κ1) is 50.2. The van der Waals surface area contributed by atoms with Crippen LogP contribution in [-0.4, -0.2) is 17.2 Å². The molecule has 2 aromatic heterocycles. The van der Waals surface area contributed by atoms with E-state index in [1.165, 1.54) is 76.1 Å². The molecule has 14 aromatic carbocycles. The van der Waals surface area contributed by atoms with Crippen molar-refractivity contribution in [2.45, 2.75) is 13.8 Å². The molecule has 6 heteroatoms. The van der Waals surface area contributed by atoms with E-state index in [1.807, 2.05) is 98.8 Å². The Morgan fingerprint density at radius 1 is 0.275 bits per heavy atom. The molecule has 0 saturated carbocycles. The van der Waals surface area contributed by atoms with Crippen LogP contribution in [0.15, 0.2) is 280 Å². The quantitative estimate of drug-likeness (QED) is 0.136. The molecule has 0 aliphatic heterocycles. The Morgan fingerprint density at radius 3 is 1.00 bits per heavy atom. The van der Waals surface area contributed by atoms with Crippen molar-refractivity contribution >= 4 is 137 Å². The zero-order valence-corrected chi connectivity index (χ0v) is 45.7. The molecule has 0 aliphatic rings. The maximum atomic E-state index is 9.94. The van der Waals surface area contributed by atoms with Crippen LogP contribution < -0.4 is 5.46 Å². The smallest absolute Gasteiger partial charge is 0.456 e. The summed E-state index contributed by atoms with van der Waals surface area (Å²) in [6.07, 6.45) is 0. The van der Waals surface area contributed by atoms with Gasteiger partial charge in [-0.1, -0.05) is 242 Å². The van der Waals surface area contributed by atoms with E-state index in [-0.39, 0.29) is 0 Å². The van der Waals surface area contributed by atoms with E-state index < -0.39 is 7.12 Å². The van der Waals surface area contributed by atoms with Crippen LogP contribution in [0.25, 0.3) is 142 Å². The van der Waals surface area contributed by atoms with E-state index in [0.717, 1.165) is 70.2 Å². The summed E-state index contributed by atoms with van der Waals surface area (Å²) >= 11 is 3.47. The summed E-state index contributed by atoms with van der Waals surface area (Å²) in [5.41, 5.74) is 11.5. The molecule has 0 saturated heterocycles. The van der Waals surface area contributed by atoms with Crippen molar-refractivity contribution in [1.82, 2.24) is 0 Å². The number of fused-ring (bicyclic) bond motifs is 12. The van der Waals surface area contributed by atoms with Gasteiger partial charge in [0, 0.05) is 26.0 Å². The lowest BCUT2D eigenvalue weighted by atomic mass is 9.72. The number of hydrogen-bond acceptors (Lipinski definition) is 4. The normalized spacial score (nSPS) is 11.3. The highest BCUT2D eigenvalue weighted by Gasteiger charge is 2.23. The van der Waals surface area contributed by atoms with Crippen LogP contribution in [0.5, 0.6) is 0 Å². The molecule has 2 N–H and O–H groups in total. The molecule has 0 spiro atoms. The molecule has 0 atom stereocenters. The fourth-order valence-corrected chi connectivity index (χ4v) is 12.1. The van der Waals surface area contributed by atoms with Crippen LogP contribution in [0.1, 0.15) is 13.8 Å². The fraction of sp³-hybridized carbons (Fsp3) is 0.0270. The number of hydrogen-bond donors (Lipinski definition) is 2. The second-order valence-electron chi connectivity index (χ2n) is 19.8. The van der Waals surface area contributed by atoms with Gasteiger partial charge in [-0.15, -0.1) is 0 Å². The summed E-state index contributed by atoms with van der Waals surface area (Å²) in [6.45, 7) is 4.00. The lowest BCUT2D eigenvalue weighted by molar-refractivity contribution is 0.426. The van der Waals surface area contributed by atoms with E-state index >= 15 is 0 Å². The molecular weight excluding hydrogens is 1040 g/mol. The minimum absolute atomic E-state index is 0.566. The van der Waals surface area contributed by atoms with Crippen LogP contribution in [0, 0.1) is 0 Å². The topological polar surface area (TPSA) is 66.7 Å². The van der Waals surface area contributed by atoms with E-state index in [4.69, 9.17) is 8.83 Å². The minimum Gasteiger partial charge on any atom is -0.456 e. The van der Waals surface area contributed by atoms with Crippen LogP contribution in [-0.2, 0) is 0 Å². The van der Waals surface area contributed by atoms with Gasteiger partial charge < -0.3 is 18.9 Å². The van der Waals surface area contributed by atoms with Gasteiger partial charge in [0.2, 0.25) is 0 Å². The van der Waals surface area contributed by atoms with Gasteiger partial charge in [-0.2, -0.15) is 0 Å². The minimum atomic E-state index is -1.50. The highest BCUT2D eigenvalue weighted by molar-refractivity contribution is 9.10. The Hall–Kier alpha value is -9.30. The average Bonchev–Trinajstić information content (AvgIpc) is 4.15. The Labute approximate surface area is 471 Å². The summed E-state index contributed by atoms with van der Waals surface area (Å²) < 4.78 is 13.4. The van der Waals surface area contributed by atoms with E-state index in [2.05, 4.69) is 198 Å². The third-order valence-corrected chi connectivity index (χ3v) is 15.7.